The van der Waals surface area contributed by atoms with Gasteiger partial charge in [0.05, 0.1) is 4.90 Å². The van der Waals surface area contributed by atoms with Crippen LogP contribution in [0.5, 0.6) is 0 Å². The van der Waals surface area contributed by atoms with Crippen molar-refractivity contribution in [3.63, 3.8) is 0 Å². The highest BCUT2D eigenvalue weighted by Gasteiger charge is 2.18. The SMILES string of the molecule is CCNCc1sccc1S(=O)(=O)NCCc1cccnc1. The second kappa shape index (κ2) is 7.65. The van der Waals surface area contributed by atoms with Gasteiger partial charge in [-0.1, -0.05) is 13.0 Å². The molecule has 21 heavy (non-hydrogen) atoms. The molecule has 2 aromatic heterocycles. The van der Waals surface area contributed by atoms with Crippen molar-refractivity contribution in [3.8, 4) is 0 Å². The summed E-state index contributed by atoms with van der Waals surface area (Å²) in [5.74, 6) is 0. The Morgan fingerprint density at radius 3 is 2.90 bits per heavy atom. The van der Waals surface area contributed by atoms with Crippen molar-refractivity contribution in [3.05, 3.63) is 46.4 Å². The van der Waals surface area contributed by atoms with E-state index in [1.807, 2.05) is 24.4 Å². The number of hydrogen-bond acceptors (Lipinski definition) is 5. The molecule has 0 aromatic carbocycles. The third-order valence-electron chi connectivity index (χ3n) is 2.96. The quantitative estimate of drug-likeness (QED) is 0.776. The molecule has 0 saturated heterocycles. The van der Waals surface area contributed by atoms with Crippen LogP contribution in [-0.4, -0.2) is 26.5 Å². The first-order chi connectivity index (χ1) is 10.1. The maximum Gasteiger partial charge on any atom is 0.241 e. The van der Waals surface area contributed by atoms with Gasteiger partial charge in [0.15, 0.2) is 0 Å². The molecular weight excluding hydrogens is 306 g/mol. The van der Waals surface area contributed by atoms with Crippen LogP contribution in [0.15, 0.2) is 40.9 Å². The van der Waals surface area contributed by atoms with Crippen molar-refractivity contribution >= 4 is 21.4 Å². The monoisotopic (exact) mass is 325 g/mol. The highest BCUT2D eigenvalue weighted by atomic mass is 32.2. The summed E-state index contributed by atoms with van der Waals surface area (Å²) in [6.45, 7) is 3.75. The second-order valence-corrected chi connectivity index (χ2v) is 7.23. The number of rotatable bonds is 8. The molecule has 0 bridgehead atoms. The van der Waals surface area contributed by atoms with Gasteiger partial charge >= 0.3 is 0 Å². The van der Waals surface area contributed by atoms with Gasteiger partial charge in [0.1, 0.15) is 0 Å². The fourth-order valence-corrected chi connectivity index (χ4v) is 4.33. The molecule has 0 amide bonds. The van der Waals surface area contributed by atoms with E-state index in [-0.39, 0.29) is 0 Å². The van der Waals surface area contributed by atoms with Crippen molar-refractivity contribution < 1.29 is 8.42 Å². The topological polar surface area (TPSA) is 71.1 Å². The molecule has 0 spiro atoms. The van der Waals surface area contributed by atoms with Crippen LogP contribution in [-0.2, 0) is 23.0 Å². The summed E-state index contributed by atoms with van der Waals surface area (Å²) < 4.78 is 27.3. The van der Waals surface area contributed by atoms with Crippen LogP contribution in [0.2, 0.25) is 0 Å². The molecule has 0 radical (unpaired) electrons. The van der Waals surface area contributed by atoms with Crippen molar-refractivity contribution in [2.45, 2.75) is 24.8 Å². The molecule has 114 valence electrons. The Morgan fingerprint density at radius 1 is 1.33 bits per heavy atom. The van der Waals surface area contributed by atoms with E-state index in [0.29, 0.717) is 24.4 Å². The Labute approximate surface area is 129 Å². The smallest absolute Gasteiger partial charge is 0.241 e. The Bertz CT molecular complexity index is 654. The van der Waals surface area contributed by atoms with E-state index >= 15 is 0 Å². The molecule has 7 heteroatoms. The largest absolute Gasteiger partial charge is 0.312 e. The Hall–Kier alpha value is -1.28. The van der Waals surface area contributed by atoms with Gasteiger partial charge in [-0.3, -0.25) is 4.98 Å². The lowest BCUT2D eigenvalue weighted by atomic mass is 10.2. The molecule has 5 nitrogen and oxygen atoms in total. The molecule has 2 heterocycles. The lowest BCUT2D eigenvalue weighted by Crippen LogP contribution is -2.27. The molecule has 0 aliphatic rings. The summed E-state index contributed by atoms with van der Waals surface area (Å²) in [6.07, 6.45) is 4.07. The lowest BCUT2D eigenvalue weighted by Gasteiger charge is -2.08. The third kappa shape index (κ3) is 4.60. The summed E-state index contributed by atoms with van der Waals surface area (Å²) in [4.78, 5) is 5.23. The molecule has 0 aliphatic carbocycles. The minimum Gasteiger partial charge on any atom is -0.312 e. The molecule has 0 aliphatic heterocycles. The number of nitrogens with one attached hydrogen (secondary N) is 2. The van der Waals surface area contributed by atoms with Crippen molar-refractivity contribution in [1.29, 1.82) is 0 Å². The summed E-state index contributed by atoms with van der Waals surface area (Å²) in [6, 6.07) is 5.43. The van der Waals surface area contributed by atoms with Gasteiger partial charge in [0.2, 0.25) is 10.0 Å². The van der Waals surface area contributed by atoms with Gasteiger partial charge in [-0.2, -0.15) is 0 Å². The van der Waals surface area contributed by atoms with E-state index in [9.17, 15) is 8.42 Å². The Morgan fingerprint density at radius 2 is 2.19 bits per heavy atom. The molecule has 2 N–H and O–H groups in total. The van der Waals surface area contributed by atoms with Crippen LogP contribution < -0.4 is 10.0 Å². The van der Waals surface area contributed by atoms with E-state index in [2.05, 4.69) is 15.0 Å². The highest BCUT2D eigenvalue weighted by Crippen LogP contribution is 2.21. The first-order valence-corrected chi connectivity index (χ1v) is 9.15. The van der Waals surface area contributed by atoms with Gasteiger partial charge in [-0.05, 0) is 36.0 Å². The third-order valence-corrected chi connectivity index (χ3v) is 5.55. The van der Waals surface area contributed by atoms with E-state index in [1.165, 1.54) is 11.3 Å². The van der Waals surface area contributed by atoms with Crippen LogP contribution in [0, 0.1) is 0 Å². The van der Waals surface area contributed by atoms with E-state index in [1.54, 1.807) is 18.5 Å². The summed E-state index contributed by atoms with van der Waals surface area (Å²) in [7, 11) is -3.45. The van der Waals surface area contributed by atoms with Gasteiger partial charge in [-0.15, -0.1) is 11.3 Å². The molecule has 0 saturated carbocycles. The normalized spacial score (nSPS) is 11.7. The maximum atomic E-state index is 12.3. The van der Waals surface area contributed by atoms with Gasteiger partial charge in [0.25, 0.3) is 0 Å². The van der Waals surface area contributed by atoms with E-state index in [4.69, 9.17) is 0 Å². The zero-order chi connectivity index (χ0) is 15.1. The number of hydrogen-bond donors (Lipinski definition) is 2. The minimum absolute atomic E-state index is 0.366. The van der Waals surface area contributed by atoms with Crippen LogP contribution >= 0.6 is 11.3 Å². The van der Waals surface area contributed by atoms with Crippen LogP contribution in [0.25, 0.3) is 0 Å². The number of thiophene rings is 1. The van der Waals surface area contributed by atoms with Gasteiger partial charge in [-0.25, -0.2) is 13.1 Å². The Balaban J connectivity index is 1.97. The average molecular weight is 325 g/mol. The maximum absolute atomic E-state index is 12.3. The summed E-state index contributed by atoms with van der Waals surface area (Å²) >= 11 is 1.45. The van der Waals surface area contributed by atoms with Crippen LogP contribution in [0.4, 0.5) is 0 Å². The summed E-state index contributed by atoms with van der Waals surface area (Å²) in [5, 5.41) is 4.96. The average Bonchev–Trinajstić information content (AvgIpc) is 2.95. The first kappa shape index (κ1) is 16.1. The van der Waals surface area contributed by atoms with Crippen LogP contribution in [0.1, 0.15) is 17.4 Å². The standard InChI is InChI=1S/C14H19N3O2S2/c1-2-15-11-13-14(6-9-20-13)21(18,19)17-8-5-12-4-3-7-16-10-12/h3-4,6-7,9-10,15,17H,2,5,8,11H2,1H3. The van der Waals surface area contributed by atoms with E-state index in [0.717, 1.165) is 17.0 Å². The second-order valence-electron chi connectivity index (χ2n) is 4.50. The Kier molecular flexibility index (Phi) is 5.86. The first-order valence-electron chi connectivity index (χ1n) is 6.79. The van der Waals surface area contributed by atoms with E-state index < -0.39 is 10.0 Å². The molecule has 0 fully saturated rings. The number of pyridine rings is 1. The fourth-order valence-electron chi connectivity index (χ4n) is 1.89. The van der Waals surface area contributed by atoms with Gasteiger partial charge < -0.3 is 5.32 Å². The zero-order valence-electron chi connectivity index (χ0n) is 11.9. The van der Waals surface area contributed by atoms with Gasteiger partial charge in [0, 0.05) is 30.4 Å². The number of aromatic nitrogens is 1. The lowest BCUT2D eigenvalue weighted by molar-refractivity contribution is 0.580. The summed E-state index contributed by atoms with van der Waals surface area (Å²) in [5.41, 5.74) is 1.01. The predicted octanol–water partition coefficient (Wildman–Crippen LogP) is 1.77. The fraction of sp³-hybridized carbons (Fsp3) is 0.357. The highest BCUT2D eigenvalue weighted by molar-refractivity contribution is 7.89. The molecule has 0 unspecified atom stereocenters. The molecule has 2 rings (SSSR count). The van der Waals surface area contributed by atoms with Crippen molar-refractivity contribution in [2.75, 3.05) is 13.1 Å². The molecule has 2 aromatic rings. The molecule has 0 atom stereocenters. The number of nitrogens with zero attached hydrogens (tertiary/aromatic N) is 1. The van der Waals surface area contributed by atoms with Crippen molar-refractivity contribution in [1.82, 2.24) is 15.0 Å². The minimum atomic E-state index is -3.45. The number of sulfonamides is 1. The predicted molar refractivity (Wildman–Crippen MR) is 84.8 cm³/mol. The van der Waals surface area contributed by atoms with Crippen LogP contribution in [0.3, 0.4) is 0 Å². The zero-order valence-corrected chi connectivity index (χ0v) is 13.5. The molecular formula is C14H19N3O2S2. The van der Waals surface area contributed by atoms with Crippen molar-refractivity contribution in [2.24, 2.45) is 0 Å².